The zero-order valence-electron chi connectivity index (χ0n) is 14.6. The van der Waals surface area contributed by atoms with E-state index >= 15 is 0 Å². The zero-order chi connectivity index (χ0) is 18.2. The number of ether oxygens (including phenoxy) is 2. The first-order chi connectivity index (χ1) is 12.8. The van der Waals surface area contributed by atoms with Crippen LogP contribution in [0.4, 0.5) is 5.13 Å². The molecule has 0 aliphatic carbocycles. The number of hydrogen-bond donors (Lipinski definition) is 1. The summed E-state index contributed by atoms with van der Waals surface area (Å²) >= 11 is 1.27. The van der Waals surface area contributed by atoms with Gasteiger partial charge in [0, 0.05) is 18.7 Å². The van der Waals surface area contributed by atoms with Crippen molar-refractivity contribution in [2.75, 3.05) is 31.7 Å². The van der Waals surface area contributed by atoms with E-state index in [-0.39, 0.29) is 5.91 Å². The van der Waals surface area contributed by atoms with Crippen LogP contribution in [0.3, 0.4) is 0 Å². The van der Waals surface area contributed by atoms with Gasteiger partial charge in [-0.1, -0.05) is 18.3 Å². The van der Waals surface area contributed by atoms with Gasteiger partial charge in [-0.15, -0.1) is 10.2 Å². The maximum absolute atomic E-state index is 12.2. The molecule has 0 saturated heterocycles. The van der Waals surface area contributed by atoms with Crippen molar-refractivity contribution in [1.82, 2.24) is 19.7 Å². The van der Waals surface area contributed by atoms with Gasteiger partial charge in [0.2, 0.25) is 5.13 Å². The van der Waals surface area contributed by atoms with E-state index < -0.39 is 0 Å². The molecule has 0 aliphatic rings. The van der Waals surface area contributed by atoms with Crippen LogP contribution < -0.4 is 5.32 Å². The van der Waals surface area contributed by atoms with E-state index in [2.05, 4.69) is 27.4 Å². The largest absolute Gasteiger partial charge is 0.379 e. The van der Waals surface area contributed by atoms with E-state index in [0.29, 0.717) is 37.1 Å². The third-order valence-corrected chi connectivity index (χ3v) is 4.27. The van der Waals surface area contributed by atoms with Crippen LogP contribution in [0.15, 0.2) is 30.0 Å². The van der Waals surface area contributed by atoms with Gasteiger partial charge in [-0.05, 0) is 24.6 Å². The molecular formula is C17H21N5O3S. The lowest BCUT2D eigenvalue weighted by atomic mass is 10.2. The van der Waals surface area contributed by atoms with E-state index in [0.717, 1.165) is 24.1 Å². The van der Waals surface area contributed by atoms with Crippen molar-refractivity contribution in [2.45, 2.75) is 19.9 Å². The van der Waals surface area contributed by atoms with E-state index in [4.69, 9.17) is 9.47 Å². The minimum absolute atomic E-state index is 0.228. The minimum atomic E-state index is -0.228. The summed E-state index contributed by atoms with van der Waals surface area (Å²) < 4.78 is 13.0. The van der Waals surface area contributed by atoms with Crippen LogP contribution in [0, 0.1) is 0 Å². The quantitative estimate of drug-likeness (QED) is 0.548. The molecule has 0 radical (unpaired) electrons. The molecule has 0 unspecified atom stereocenters. The van der Waals surface area contributed by atoms with Gasteiger partial charge in [-0.2, -0.15) is 0 Å². The standard InChI is InChI=1S/C17H21N5O3S/c1-2-6-24-8-9-25-7-5-22-11-18-14-10-13(3-4-15(14)22)16(23)20-17-21-19-12-26-17/h3-4,10-12H,2,5-9H2,1H3,(H,20,21,23). The highest BCUT2D eigenvalue weighted by Crippen LogP contribution is 2.17. The molecule has 0 saturated carbocycles. The lowest BCUT2D eigenvalue weighted by molar-refractivity contribution is 0.0453. The highest BCUT2D eigenvalue weighted by Gasteiger charge is 2.11. The molecule has 1 N–H and O–H groups in total. The van der Waals surface area contributed by atoms with Crippen molar-refractivity contribution < 1.29 is 14.3 Å². The summed E-state index contributed by atoms with van der Waals surface area (Å²) in [5, 5.41) is 10.7. The number of nitrogens with zero attached hydrogens (tertiary/aromatic N) is 4. The number of aromatic nitrogens is 4. The predicted octanol–water partition coefficient (Wildman–Crippen LogP) is 2.58. The molecule has 0 spiro atoms. The summed E-state index contributed by atoms with van der Waals surface area (Å²) in [7, 11) is 0. The lowest BCUT2D eigenvalue weighted by Gasteiger charge is -2.07. The molecule has 2 aromatic heterocycles. The van der Waals surface area contributed by atoms with Crippen molar-refractivity contribution in [3.05, 3.63) is 35.6 Å². The Balaban J connectivity index is 1.54. The Labute approximate surface area is 155 Å². The van der Waals surface area contributed by atoms with E-state index in [1.54, 1.807) is 24.0 Å². The second-order valence-electron chi connectivity index (χ2n) is 5.56. The molecule has 3 rings (SSSR count). The smallest absolute Gasteiger partial charge is 0.257 e. The van der Waals surface area contributed by atoms with Crippen LogP contribution in [0.2, 0.25) is 0 Å². The molecule has 0 fully saturated rings. The molecule has 138 valence electrons. The Hall–Kier alpha value is -2.36. The number of rotatable bonds is 10. The fourth-order valence-electron chi connectivity index (χ4n) is 2.41. The molecule has 9 heteroatoms. The maximum atomic E-state index is 12.2. The van der Waals surface area contributed by atoms with Crippen molar-refractivity contribution >= 4 is 33.4 Å². The number of anilines is 1. The van der Waals surface area contributed by atoms with Gasteiger partial charge in [-0.25, -0.2) is 4.98 Å². The van der Waals surface area contributed by atoms with Gasteiger partial charge >= 0.3 is 0 Å². The number of imidazole rings is 1. The summed E-state index contributed by atoms with van der Waals surface area (Å²) in [5.41, 5.74) is 3.82. The predicted molar refractivity (Wildman–Crippen MR) is 99.5 cm³/mol. The summed E-state index contributed by atoms with van der Waals surface area (Å²) in [4.78, 5) is 16.6. The van der Waals surface area contributed by atoms with Gasteiger partial charge in [-0.3, -0.25) is 10.1 Å². The maximum Gasteiger partial charge on any atom is 0.257 e. The summed E-state index contributed by atoms with van der Waals surface area (Å²) in [6.07, 6.45) is 2.77. The molecule has 1 aromatic carbocycles. The van der Waals surface area contributed by atoms with Crippen LogP contribution in [-0.4, -0.2) is 52.1 Å². The molecule has 0 atom stereocenters. The lowest BCUT2D eigenvalue weighted by Crippen LogP contribution is -2.12. The first kappa shape index (κ1) is 18.4. The number of benzene rings is 1. The van der Waals surface area contributed by atoms with Gasteiger partial charge in [0.1, 0.15) is 5.51 Å². The number of carbonyl (C=O) groups excluding carboxylic acids is 1. The van der Waals surface area contributed by atoms with Crippen LogP contribution in [0.25, 0.3) is 11.0 Å². The number of nitrogens with one attached hydrogen (secondary N) is 1. The third-order valence-electron chi connectivity index (χ3n) is 3.66. The van der Waals surface area contributed by atoms with Gasteiger partial charge in [0.25, 0.3) is 5.91 Å². The molecule has 0 aliphatic heterocycles. The molecule has 26 heavy (non-hydrogen) atoms. The van der Waals surface area contributed by atoms with E-state index in [1.807, 2.05) is 10.6 Å². The zero-order valence-corrected chi connectivity index (χ0v) is 15.4. The van der Waals surface area contributed by atoms with E-state index in [9.17, 15) is 4.79 Å². The average molecular weight is 375 g/mol. The molecule has 1 amide bonds. The second kappa shape index (κ2) is 9.37. The van der Waals surface area contributed by atoms with Crippen molar-refractivity contribution in [1.29, 1.82) is 0 Å². The topological polar surface area (TPSA) is 91.2 Å². The Morgan fingerprint density at radius 3 is 2.85 bits per heavy atom. The number of amides is 1. The Bertz CT molecular complexity index is 834. The molecule has 0 bridgehead atoms. The second-order valence-corrected chi connectivity index (χ2v) is 6.40. The third kappa shape index (κ3) is 4.84. The summed E-state index contributed by atoms with van der Waals surface area (Å²) in [6.45, 7) is 5.33. The monoisotopic (exact) mass is 375 g/mol. The molecular weight excluding hydrogens is 354 g/mol. The van der Waals surface area contributed by atoms with Crippen LogP contribution >= 0.6 is 11.3 Å². The van der Waals surface area contributed by atoms with Crippen molar-refractivity contribution in [3.8, 4) is 0 Å². The van der Waals surface area contributed by atoms with Gasteiger partial charge in [0.05, 0.1) is 37.2 Å². The Morgan fingerprint density at radius 1 is 1.23 bits per heavy atom. The first-order valence-corrected chi connectivity index (χ1v) is 9.34. The SMILES string of the molecule is CCCOCCOCCn1cnc2cc(C(=O)Nc3nncs3)ccc21. The fourth-order valence-corrected chi connectivity index (χ4v) is 2.85. The normalized spacial score (nSPS) is 11.1. The summed E-state index contributed by atoms with van der Waals surface area (Å²) in [5.74, 6) is -0.228. The molecule has 2 heterocycles. The number of hydrogen-bond acceptors (Lipinski definition) is 7. The Morgan fingerprint density at radius 2 is 2.08 bits per heavy atom. The first-order valence-electron chi connectivity index (χ1n) is 8.46. The number of carbonyl (C=O) groups is 1. The fraction of sp³-hybridized carbons (Fsp3) is 0.412. The minimum Gasteiger partial charge on any atom is -0.379 e. The summed E-state index contributed by atoms with van der Waals surface area (Å²) in [6, 6.07) is 5.43. The average Bonchev–Trinajstić information content (AvgIpc) is 3.30. The van der Waals surface area contributed by atoms with Crippen molar-refractivity contribution in [3.63, 3.8) is 0 Å². The number of fused-ring (bicyclic) bond motifs is 1. The van der Waals surface area contributed by atoms with Crippen molar-refractivity contribution in [2.24, 2.45) is 0 Å². The van der Waals surface area contributed by atoms with Crippen LogP contribution in [0.5, 0.6) is 0 Å². The Kier molecular flexibility index (Phi) is 6.64. The highest BCUT2D eigenvalue weighted by molar-refractivity contribution is 7.13. The highest BCUT2D eigenvalue weighted by atomic mass is 32.1. The molecule has 3 aromatic rings. The van der Waals surface area contributed by atoms with Crippen LogP contribution in [0.1, 0.15) is 23.7 Å². The van der Waals surface area contributed by atoms with Gasteiger partial charge < -0.3 is 14.0 Å². The van der Waals surface area contributed by atoms with E-state index in [1.165, 1.54) is 11.3 Å². The van der Waals surface area contributed by atoms with Gasteiger partial charge in [0.15, 0.2) is 0 Å². The molecule has 8 nitrogen and oxygen atoms in total. The van der Waals surface area contributed by atoms with Crippen LogP contribution in [-0.2, 0) is 16.0 Å².